The molecule has 1 aromatic heterocycles. The number of aromatic nitrogens is 1. The van der Waals surface area contributed by atoms with E-state index in [1.807, 2.05) is 31.2 Å². The number of benzene rings is 3. The number of hydrogen-bond acceptors (Lipinski definition) is 8. The van der Waals surface area contributed by atoms with Gasteiger partial charge in [0.15, 0.2) is 23.0 Å². The predicted octanol–water partition coefficient (Wildman–Crippen LogP) is 5.19. The standard InChI is InChI=1S/C28H26N2O6/c1-17-7-6-8-20(13-17)28(31)36-30-26(19-9-10-22(32-2)23(15-19)33-3)27-21-16-25(35-5)24(34-4)14-18(21)11-12-29-27/h6-16H,1-5H3/b30-26+. The summed E-state index contributed by atoms with van der Waals surface area (Å²) in [4.78, 5) is 22.8. The van der Waals surface area contributed by atoms with Gasteiger partial charge in [-0.15, -0.1) is 0 Å². The molecule has 0 aliphatic heterocycles. The van der Waals surface area contributed by atoms with Crippen LogP contribution in [0.4, 0.5) is 0 Å². The molecular formula is C28H26N2O6. The van der Waals surface area contributed by atoms with E-state index in [1.54, 1.807) is 71.0 Å². The number of methoxy groups -OCH3 is 4. The van der Waals surface area contributed by atoms with E-state index >= 15 is 0 Å². The van der Waals surface area contributed by atoms with Gasteiger partial charge in [0.1, 0.15) is 11.4 Å². The normalized spacial score (nSPS) is 11.2. The molecule has 36 heavy (non-hydrogen) atoms. The molecule has 8 heteroatoms. The lowest BCUT2D eigenvalue weighted by Gasteiger charge is -2.14. The van der Waals surface area contributed by atoms with Crippen LogP contribution >= 0.6 is 0 Å². The lowest BCUT2D eigenvalue weighted by atomic mass is 10.0. The summed E-state index contributed by atoms with van der Waals surface area (Å²) >= 11 is 0. The Labute approximate surface area is 209 Å². The number of carbonyl (C=O) groups excluding carboxylic acids is 1. The highest BCUT2D eigenvalue weighted by atomic mass is 16.7. The van der Waals surface area contributed by atoms with Crippen LogP contribution in [-0.4, -0.2) is 45.1 Å². The average Bonchev–Trinajstić information content (AvgIpc) is 2.92. The van der Waals surface area contributed by atoms with Crippen LogP contribution in [-0.2, 0) is 4.84 Å². The van der Waals surface area contributed by atoms with Crippen molar-refractivity contribution in [1.82, 2.24) is 4.98 Å². The lowest BCUT2D eigenvalue weighted by molar-refractivity contribution is 0.0517. The van der Waals surface area contributed by atoms with E-state index in [4.69, 9.17) is 23.8 Å². The molecule has 3 aromatic carbocycles. The number of ether oxygens (including phenoxy) is 4. The molecule has 0 radical (unpaired) electrons. The van der Waals surface area contributed by atoms with Crippen molar-refractivity contribution in [2.24, 2.45) is 5.16 Å². The Bertz CT molecular complexity index is 1450. The molecule has 0 unspecified atom stereocenters. The van der Waals surface area contributed by atoms with Crippen LogP contribution in [0.5, 0.6) is 23.0 Å². The maximum atomic E-state index is 12.8. The quantitative estimate of drug-likeness (QED) is 0.192. The zero-order valence-electron chi connectivity index (χ0n) is 20.7. The van der Waals surface area contributed by atoms with Gasteiger partial charge in [-0.1, -0.05) is 22.9 Å². The van der Waals surface area contributed by atoms with E-state index in [1.165, 1.54) is 0 Å². The van der Waals surface area contributed by atoms with Gasteiger partial charge in [0.05, 0.1) is 34.0 Å². The molecule has 0 saturated carbocycles. The second-order valence-corrected chi connectivity index (χ2v) is 7.85. The molecule has 184 valence electrons. The van der Waals surface area contributed by atoms with Gasteiger partial charge < -0.3 is 23.8 Å². The summed E-state index contributed by atoms with van der Waals surface area (Å²) in [6, 6.07) is 17.9. The first kappa shape index (κ1) is 24.5. The first-order valence-corrected chi connectivity index (χ1v) is 11.1. The number of pyridine rings is 1. The Kier molecular flexibility index (Phi) is 7.34. The summed E-state index contributed by atoms with van der Waals surface area (Å²) < 4.78 is 21.8. The van der Waals surface area contributed by atoms with Crippen LogP contribution in [0.25, 0.3) is 10.8 Å². The fourth-order valence-electron chi connectivity index (χ4n) is 3.82. The fourth-order valence-corrected chi connectivity index (χ4v) is 3.82. The zero-order valence-corrected chi connectivity index (χ0v) is 20.7. The molecule has 8 nitrogen and oxygen atoms in total. The third kappa shape index (κ3) is 4.93. The number of fused-ring (bicyclic) bond motifs is 1. The minimum Gasteiger partial charge on any atom is -0.493 e. The maximum Gasteiger partial charge on any atom is 0.365 e. The zero-order chi connectivity index (χ0) is 25.7. The van der Waals surface area contributed by atoms with Gasteiger partial charge in [0.25, 0.3) is 0 Å². The van der Waals surface area contributed by atoms with Crippen molar-refractivity contribution in [1.29, 1.82) is 0 Å². The summed E-state index contributed by atoms with van der Waals surface area (Å²) in [7, 11) is 6.24. The van der Waals surface area contributed by atoms with Crippen LogP contribution in [0.15, 0.2) is 72.0 Å². The van der Waals surface area contributed by atoms with Crippen LogP contribution in [0.1, 0.15) is 27.2 Å². The van der Waals surface area contributed by atoms with E-state index in [2.05, 4.69) is 10.1 Å². The van der Waals surface area contributed by atoms with E-state index in [0.29, 0.717) is 45.5 Å². The van der Waals surface area contributed by atoms with Gasteiger partial charge in [-0.2, -0.15) is 0 Å². The number of hydrogen-bond donors (Lipinski definition) is 0. The average molecular weight is 487 g/mol. The fraction of sp³-hybridized carbons (Fsp3) is 0.179. The first-order valence-electron chi connectivity index (χ1n) is 11.1. The molecule has 1 heterocycles. The molecule has 0 aliphatic carbocycles. The minimum absolute atomic E-state index is 0.328. The molecule has 0 bridgehead atoms. The topological polar surface area (TPSA) is 88.5 Å². The minimum atomic E-state index is -0.587. The smallest absolute Gasteiger partial charge is 0.365 e. The highest BCUT2D eigenvalue weighted by Gasteiger charge is 2.19. The van der Waals surface area contributed by atoms with E-state index < -0.39 is 5.97 Å². The molecule has 0 N–H and O–H groups in total. The SMILES string of the molecule is COc1ccc(/C(=N\OC(=O)c2cccc(C)c2)c2nccc3cc(OC)c(OC)cc23)cc1OC. The monoisotopic (exact) mass is 486 g/mol. The van der Waals surface area contributed by atoms with Crippen molar-refractivity contribution in [3.8, 4) is 23.0 Å². The van der Waals surface area contributed by atoms with Gasteiger partial charge in [0, 0.05) is 17.1 Å². The Morgan fingerprint density at radius 1 is 0.750 bits per heavy atom. The Morgan fingerprint density at radius 2 is 1.44 bits per heavy atom. The molecule has 0 saturated heterocycles. The van der Waals surface area contributed by atoms with Gasteiger partial charge in [-0.05, 0) is 60.8 Å². The molecule has 0 amide bonds. The number of rotatable bonds is 8. The molecule has 4 rings (SSSR count). The largest absolute Gasteiger partial charge is 0.493 e. The molecule has 0 fully saturated rings. The predicted molar refractivity (Wildman–Crippen MR) is 137 cm³/mol. The van der Waals surface area contributed by atoms with Crippen LogP contribution in [0.3, 0.4) is 0 Å². The Hall–Kier alpha value is -4.59. The number of nitrogens with zero attached hydrogens (tertiary/aromatic N) is 2. The summed E-state index contributed by atoms with van der Waals surface area (Å²) in [5.74, 6) is 1.57. The van der Waals surface area contributed by atoms with Crippen molar-refractivity contribution < 1.29 is 28.6 Å². The summed E-state index contributed by atoms with van der Waals surface area (Å²) in [6.45, 7) is 1.90. The Morgan fingerprint density at radius 3 is 2.14 bits per heavy atom. The van der Waals surface area contributed by atoms with Gasteiger partial charge in [-0.25, -0.2) is 4.79 Å². The molecule has 0 aliphatic rings. The van der Waals surface area contributed by atoms with Crippen molar-refractivity contribution >= 4 is 22.5 Å². The molecule has 4 aromatic rings. The number of carbonyl (C=O) groups is 1. The highest BCUT2D eigenvalue weighted by Crippen LogP contribution is 2.35. The maximum absolute atomic E-state index is 12.8. The van der Waals surface area contributed by atoms with Crippen LogP contribution in [0, 0.1) is 6.92 Å². The summed E-state index contributed by atoms with van der Waals surface area (Å²) in [6.07, 6.45) is 1.65. The Balaban J connectivity index is 1.89. The van der Waals surface area contributed by atoms with E-state index in [-0.39, 0.29) is 0 Å². The van der Waals surface area contributed by atoms with Gasteiger partial charge in [0.2, 0.25) is 0 Å². The van der Waals surface area contributed by atoms with Crippen molar-refractivity contribution in [3.05, 3.63) is 89.2 Å². The van der Waals surface area contributed by atoms with Gasteiger partial charge in [-0.3, -0.25) is 4.98 Å². The molecular weight excluding hydrogens is 460 g/mol. The summed E-state index contributed by atoms with van der Waals surface area (Å²) in [5.41, 5.74) is 2.75. The third-order valence-electron chi connectivity index (χ3n) is 5.62. The van der Waals surface area contributed by atoms with Crippen molar-refractivity contribution in [2.75, 3.05) is 28.4 Å². The first-order chi connectivity index (χ1) is 17.5. The number of oxime groups is 1. The molecule has 0 atom stereocenters. The second-order valence-electron chi connectivity index (χ2n) is 7.85. The van der Waals surface area contributed by atoms with Crippen LogP contribution in [0.2, 0.25) is 0 Å². The number of aryl methyl sites for hydroxylation is 1. The highest BCUT2D eigenvalue weighted by molar-refractivity contribution is 6.18. The van der Waals surface area contributed by atoms with E-state index in [9.17, 15) is 4.79 Å². The van der Waals surface area contributed by atoms with Crippen molar-refractivity contribution in [3.63, 3.8) is 0 Å². The van der Waals surface area contributed by atoms with Gasteiger partial charge >= 0.3 is 5.97 Å². The second kappa shape index (κ2) is 10.8. The summed E-state index contributed by atoms with van der Waals surface area (Å²) in [5, 5.41) is 5.86. The van der Waals surface area contributed by atoms with Crippen molar-refractivity contribution in [2.45, 2.75) is 6.92 Å². The van der Waals surface area contributed by atoms with E-state index in [0.717, 1.165) is 16.3 Å². The molecule has 0 spiro atoms. The van der Waals surface area contributed by atoms with Crippen LogP contribution < -0.4 is 18.9 Å². The lowest BCUT2D eigenvalue weighted by Crippen LogP contribution is -2.11. The third-order valence-corrected chi connectivity index (χ3v) is 5.62.